The van der Waals surface area contributed by atoms with Gasteiger partial charge in [0.1, 0.15) is 5.56 Å². The molecule has 3 rings (SSSR count). The van der Waals surface area contributed by atoms with Crippen molar-refractivity contribution in [3.63, 3.8) is 0 Å². The molecule has 8 heteroatoms. The molecule has 1 aliphatic heterocycles. The van der Waals surface area contributed by atoms with Crippen LogP contribution in [0.1, 0.15) is 29.3 Å². The van der Waals surface area contributed by atoms with Crippen LogP contribution in [-0.4, -0.2) is 43.5 Å². The van der Waals surface area contributed by atoms with Crippen LogP contribution in [0.5, 0.6) is 0 Å². The number of esters is 1. The summed E-state index contributed by atoms with van der Waals surface area (Å²) in [6.07, 6.45) is 2.01. The lowest BCUT2D eigenvalue weighted by molar-refractivity contribution is 0.0527. The maximum absolute atomic E-state index is 12.3. The number of nitrogens with zero attached hydrogens (tertiary/aromatic N) is 1. The largest absolute Gasteiger partial charge is 0.462 e. The average molecular weight is 427 g/mol. The van der Waals surface area contributed by atoms with Crippen LogP contribution in [-0.2, 0) is 14.6 Å². The first-order valence-electron chi connectivity index (χ1n) is 8.03. The minimum atomic E-state index is -3.03. The third-order valence-corrected chi connectivity index (χ3v) is 6.43. The van der Waals surface area contributed by atoms with Gasteiger partial charge in [-0.15, -0.1) is 0 Å². The van der Waals surface area contributed by atoms with Gasteiger partial charge in [0.25, 0.3) is 0 Å². The van der Waals surface area contributed by atoms with Gasteiger partial charge in [0, 0.05) is 22.1 Å². The van der Waals surface area contributed by atoms with Crippen molar-refractivity contribution in [3.05, 3.63) is 33.9 Å². The number of rotatable bonds is 4. The lowest BCUT2D eigenvalue weighted by atomic mass is 10.0. The van der Waals surface area contributed by atoms with Crippen molar-refractivity contribution in [1.82, 2.24) is 4.98 Å². The number of benzene rings is 1. The van der Waals surface area contributed by atoms with Gasteiger partial charge in [0.2, 0.25) is 0 Å². The monoisotopic (exact) mass is 426 g/mol. The van der Waals surface area contributed by atoms with Crippen LogP contribution >= 0.6 is 15.9 Å². The summed E-state index contributed by atoms with van der Waals surface area (Å²) in [5.74, 6) is -0.255. The van der Waals surface area contributed by atoms with Crippen molar-refractivity contribution in [2.24, 2.45) is 0 Å². The van der Waals surface area contributed by atoms with Crippen molar-refractivity contribution in [2.45, 2.75) is 26.3 Å². The standard InChI is InChI=1S/C17H19BrN2O4S/c1-3-24-17(21)14-8-19-15-10(2)6-11(18)7-13(15)16(14)20-12-4-5-25(22,23)9-12/h6-8,12H,3-5,9H2,1-2H3,(H,19,20). The summed E-state index contributed by atoms with van der Waals surface area (Å²) in [6.45, 7) is 3.93. The lowest BCUT2D eigenvalue weighted by Gasteiger charge is -2.18. The van der Waals surface area contributed by atoms with E-state index in [4.69, 9.17) is 4.74 Å². The van der Waals surface area contributed by atoms with Gasteiger partial charge in [0.05, 0.1) is 29.3 Å². The number of hydrogen-bond acceptors (Lipinski definition) is 6. The van der Waals surface area contributed by atoms with Gasteiger partial charge in [0.15, 0.2) is 9.84 Å². The highest BCUT2D eigenvalue weighted by atomic mass is 79.9. The van der Waals surface area contributed by atoms with Crippen molar-refractivity contribution in [1.29, 1.82) is 0 Å². The molecule has 1 unspecified atom stereocenters. The van der Waals surface area contributed by atoms with E-state index in [2.05, 4.69) is 26.2 Å². The molecule has 1 aliphatic rings. The van der Waals surface area contributed by atoms with Crippen molar-refractivity contribution in [3.8, 4) is 0 Å². The van der Waals surface area contributed by atoms with E-state index in [-0.39, 0.29) is 24.2 Å². The first-order valence-corrected chi connectivity index (χ1v) is 10.6. The number of pyridine rings is 1. The number of fused-ring (bicyclic) bond motifs is 1. The number of aryl methyl sites for hydroxylation is 1. The Morgan fingerprint density at radius 3 is 2.84 bits per heavy atom. The third-order valence-electron chi connectivity index (χ3n) is 4.20. The zero-order valence-electron chi connectivity index (χ0n) is 14.0. The fraction of sp³-hybridized carbons (Fsp3) is 0.412. The number of hydrogen-bond donors (Lipinski definition) is 1. The Bertz CT molecular complexity index is 943. The summed E-state index contributed by atoms with van der Waals surface area (Å²) in [6, 6.07) is 3.59. The molecule has 1 atom stereocenters. The second-order valence-corrected chi connectivity index (χ2v) is 9.27. The van der Waals surface area contributed by atoms with Crippen molar-refractivity contribution < 1.29 is 17.9 Å². The molecule has 2 aromatic rings. The molecule has 134 valence electrons. The molecule has 1 saturated heterocycles. The molecule has 0 saturated carbocycles. The highest BCUT2D eigenvalue weighted by Crippen LogP contribution is 2.33. The normalized spacial score (nSPS) is 19.1. The van der Waals surface area contributed by atoms with Gasteiger partial charge in [-0.05, 0) is 38.0 Å². The van der Waals surface area contributed by atoms with E-state index in [9.17, 15) is 13.2 Å². The number of carbonyl (C=O) groups excluding carboxylic acids is 1. The van der Waals surface area contributed by atoms with Gasteiger partial charge < -0.3 is 10.1 Å². The van der Waals surface area contributed by atoms with Gasteiger partial charge in [-0.2, -0.15) is 0 Å². The molecule has 1 aromatic carbocycles. The van der Waals surface area contributed by atoms with Crippen LogP contribution < -0.4 is 5.32 Å². The first-order chi connectivity index (χ1) is 11.8. The number of sulfone groups is 1. The molecule has 1 aromatic heterocycles. The highest BCUT2D eigenvalue weighted by molar-refractivity contribution is 9.10. The van der Waals surface area contributed by atoms with Gasteiger partial charge >= 0.3 is 5.97 Å². The molecule has 0 amide bonds. The van der Waals surface area contributed by atoms with Gasteiger partial charge in [-0.1, -0.05) is 15.9 Å². The number of halogens is 1. The first kappa shape index (κ1) is 18.1. The van der Waals surface area contributed by atoms with Crippen molar-refractivity contribution >= 4 is 48.3 Å². The maximum Gasteiger partial charge on any atom is 0.341 e. The summed E-state index contributed by atoms with van der Waals surface area (Å²) in [5.41, 5.74) is 2.62. The number of ether oxygens (including phenoxy) is 1. The van der Waals surface area contributed by atoms with E-state index in [1.807, 2.05) is 19.1 Å². The molecule has 0 aliphatic carbocycles. The van der Waals surface area contributed by atoms with Crippen LogP contribution in [0.4, 0.5) is 5.69 Å². The lowest BCUT2D eigenvalue weighted by Crippen LogP contribution is -2.23. The van der Waals surface area contributed by atoms with Gasteiger partial charge in [-0.3, -0.25) is 4.98 Å². The van der Waals surface area contributed by atoms with Crippen LogP contribution in [0.3, 0.4) is 0 Å². The highest BCUT2D eigenvalue weighted by Gasteiger charge is 2.29. The van der Waals surface area contributed by atoms with E-state index in [0.717, 1.165) is 20.9 Å². The van der Waals surface area contributed by atoms with Crippen LogP contribution in [0.25, 0.3) is 10.9 Å². The zero-order valence-corrected chi connectivity index (χ0v) is 16.4. The fourth-order valence-corrected chi connectivity index (χ4v) is 5.31. The molecular formula is C17H19BrN2O4S. The molecule has 0 spiro atoms. The Morgan fingerprint density at radius 2 is 2.20 bits per heavy atom. The predicted octanol–water partition coefficient (Wildman–Crippen LogP) is 3.08. The Balaban J connectivity index is 2.13. The SMILES string of the molecule is CCOC(=O)c1cnc2c(C)cc(Br)cc2c1NC1CCS(=O)(=O)C1. The molecule has 6 nitrogen and oxygen atoms in total. The number of carbonyl (C=O) groups is 1. The molecule has 2 heterocycles. The summed E-state index contributed by atoms with van der Waals surface area (Å²) >= 11 is 3.47. The Labute approximate surface area is 155 Å². The van der Waals surface area contributed by atoms with E-state index in [1.165, 1.54) is 6.20 Å². The minimum Gasteiger partial charge on any atom is -0.462 e. The smallest absolute Gasteiger partial charge is 0.341 e. The van der Waals surface area contributed by atoms with Crippen LogP contribution in [0.2, 0.25) is 0 Å². The van der Waals surface area contributed by atoms with Crippen LogP contribution in [0, 0.1) is 6.92 Å². The number of anilines is 1. The number of aromatic nitrogens is 1. The molecule has 25 heavy (non-hydrogen) atoms. The summed E-state index contributed by atoms with van der Waals surface area (Å²) in [5, 5.41) is 4.03. The maximum atomic E-state index is 12.3. The summed E-state index contributed by atoms with van der Waals surface area (Å²) in [4.78, 5) is 16.8. The van der Waals surface area contributed by atoms with Gasteiger partial charge in [-0.25, -0.2) is 13.2 Å². The topological polar surface area (TPSA) is 85.4 Å². The van der Waals surface area contributed by atoms with E-state index < -0.39 is 15.8 Å². The predicted molar refractivity (Wildman–Crippen MR) is 101 cm³/mol. The Kier molecular flexibility index (Phi) is 5.02. The molecule has 0 bridgehead atoms. The summed E-state index contributed by atoms with van der Waals surface area (Å²) < 4.78 is 29.5. The molecular weight excluding hydrogens is 408 g/mol. The van der Waals surface area contributed by atoms with E-state index in [0.29, 0.717) is 17.7 Å². The minimum absolute atomic E-state index is 0.0616. The molecule has 0 radical (unpaired) electrons. The third kappa shape index (κ3) is 3.79. The van der Waals surface area contributed by atoms with E-state index in [1.54, 1.807) is 6.92 Å². The Morgan fingerprint density at radius 1 is 1.44 bits per heavy atom. The Hall–Kier alpha value is -1.67. The number of nitrogens with one attached hydrogen (secondary N) is 1. The fourth-order valence-electron chi connectivity index (χ4n) is 3.07. The van der Waals surface area contributed by atoms with E-state index >= 15 is 0 Å². The van der Waals surface area contributed by atoms with Crippen molar-refractivity contribution in [2.75, 3.05) is 23.4 Å². The van der Waals surface area contributed by atoms with Crippen LogP contribution in [0.15, 0.2) is 22.8 Å². The second kappa shape index (κ2) is 6.92. The average Bonchev–Trinajstić information content (AvgIpc) is 2.87. The zero-order chi connectivity index (χ0) is 18.2. The quantitative estimate of drug-likeness (QED) is 0.755. The molecule has 1 fully saturated rings. The molecule has 1 N–H and O–H groups in total. The second-order valence-electron chi connectivity index (χ2n) is 6.13. The summed E-state index contributed by atoms with van der Waals surface area (Å²) in [7, 11) is -3.03.